The van der Waals surface area contributed by atoms with E-state index >= 15 is 0 Å². The summed E-state index contributed by atoms with van der Waals surface area (Å²) >= 11 is 3.50. The van der Waals surface area contributed by atoms with Crippen LogP contribution in [0.15, 0.2) is 71.2 Å². The molecule has 6 heteroatoms. The summed E-state index contributed by atoms with van der Waals surface area (Å²) in [4.78, 5) is 7.75. The second-order valence-electron chi connectivity index (χ2n) is 6.59. The molecule has 30 heavy (non-hydrogen) atoms. The van der Waals surface area contributed by atoms with Gasteiger partial charge in [0.05, 0.1) is 23.7 Å². The Balaban J connectivity index is 1.68. The number of rotatable bonds is 6. The summed E-state index contributed by atoms with van der Waals surface area (Å²) in [6.45, 7) is 0.440. The number of nitrogens with zero attached hydrogens (tertiary/aromatic N) is 2. The summed E-state index contributed by atoms with van der Waals surface area (Å²) in [7, 11) is 1.61. The van der Waals surface area contributed by atoms with E-state index in [1.807, 2.05) is 66.7 Å². The van der Waals surface area contributed by atoms with Gasteiger partial charge in [0, 0.05) is 16.1 Å². The van der Waals surface area contributed by atoms with Crippen molar-refractivity contribution in [3.8, 4) is 17.6 Å². The lowest BCUT2D eigenvalue weighted by Gasteiger charge is -2.10. The Hall–Kier alpha value is -3.56. The molecule has 0 aliphatic rings. The molecular weight excluding hydrogens is 442 g/mol. The standard InChI is InChI=1S/C24H18BrN3O2/c1-29-20-8-9-21-22(13-20)28-24(27-21)18(14-26)11-17-12-19(25)7-10-23(17)30-15-16-5-3-2-4-6-16/h2-13H,15H2,1H3,(H,27,28). The fourth-order valence-corrected chi connectivity index (χ4v) is 3.43. The van der Waals surface area contributed by atoms with Crippen LogP contribution in [0.5, 0.6) is 11.5 Å². The molecule has 0 atom stereocenters. The molecule has 0 saturated heterocycles. The van der Waals surface area contributed by atoms with E-state index in [4.69, 9.17) is 9.47 Å². The van der Waals surface area contributed by atoms with E-state index < -0.39 is 0 Å². The molecule has 0 amide bonds. The zero-order valence-electron chi connectivity index (χ0n) is 16.2. The molecule has 0 bridgehead atoms. The lowest BCUT2D eigenvalue weighted by molar-refractivity contribution is 0.305. The molecule has 5 nitrogen and oxygen atoms in total. The van der Waals surface area contributed by atoms with Crippen LogP contribution < -0.4 is 9.47 Å². The first kappa shape index (κ1) is 19.7. The van der Waals surface area contributed by atoms with Crippen molar-refractivity contribution in [3.05, 3.63) is 88.2 Å². The van der Waals surface area contributed by atoms with Crippen LogP contribution in [0, 0.1) is 11.3 Å². The fraction of sp³-hybridized carbons (Fsp3) is 0.0833. The number of ether oxygens (including phenoxy) is 2. The fourth-order valence-electron chi connectivity index (χ4n) is 3.05. The lowest BCUT2D eigenvalue weighted by Crippen LogP contribution is -1.97. The predicted octanol–water partition coefficient (Wildman–Crippen LogP) is 5.98. The zero-order chi connectivity index (χ0) is 20.9. The summed E-state index contributed by atoms with van der Waals surface area (Å²) in [5.74, 6) is 1.91. The number of aromatic nitrogens is 2. The van der Waals surface area contributed by atoms with Crippen LogP contribution in [0.25, 0.3) is 22.7 Å². The zero-order valence-corrected chi connectivity index (χ0v) is 17.8. The molecule has 0 radical (unpaired) electrons. The van der Waals surface area contributed by atoms with E-state index in [0.717, 1.165) is 32.4 Å². The maximum atomic E-state index is 9.78. The van der Waals surface area contributed by atoms with Gasteiger partial charge in [0.25, 0.3) is 0 Å². The first-order chi connectivity index (χ1) is 14.7. The van der Waals surface area contributed by atoms with E-state index in [1.165, 1.54) is 0 Å². The van der Waals surface area contributed by atoms with Gasteiger partial charge in [0.2, 0.25) is 0 Å². The Bertz CT molecular complexity index is 1260. The Morgan fingerprint density at radius 1 is 1.13 bits per heavy atom. The maximum Gasteiger partial charge on any atom is 0.149 e. The van der Waals surface area contributed by atoms with Crippen LogP contribution >= 0.6 is 15.9 Å². The van der Waals surface area contributed by atoms with Gasteiger partial charge in [-0.25, -0.2) is 4.98 Å². The number of allylic oxidation sites excluding steroid dienone is 1. The monoisotopic (exact) mass is 459 g/mol. The number of imidazole rings is 1. The van der Waals surface area contributed by atoms with Crippen molar-refractivity contribution in [2.24, 2.45) is 0 Å². The largest absolute Gasteiger partial charge is 0.497 e. The van der Waals surface area contributed by atoms with Crippen molar-refractivity contribution in [2.45, 2.75) is 6.61 Å². The average Bonchev–Trinajstić information content (AvgIpc) is 3.20. The molecular formula is C24H18BrN3O2. The van der Waals surface area contributed by atoms with Gasteiger partial charge >= 0.3 is 0 Å². The van der Waals surface area contributed by atoms with Gasteiger partial charge in [-0.3, -0.25) is 0 Å². The minimum absolute atomic E-state index is 0.410. The second-order valence-corrected chi connectivity index (χ2v) is 7.51. The van der Waals surface area contributed by atoms with E-state index in [-0.39, 0.29) is 0 Å². The molecule has 0 saturated carbocycles. The molecule has 1 aromatic heterocycles. The topological polar surface area (TPSA) is 70.9 Å². The van der Waals surface area contributed by atoms with Gasteiger partial charge in [0.15, 0.2) is 0 Å². The second kappa shape index (κ2) is 8.85. The molecule has 0 aliphatic heterocycles. The third kappa shape index (κ3) is 4.37. The van der Waals surface area contributed by atoms with Crippen LogP contribution in [-0.2, 0) is 6.61 Å². The maximum absolute atomic E-state index is 9.78. The minimum atomic E-state index is 0.410. The third-order valence-electron chi connectivity index (χ3n) is 4.57. The smallest absolute Gasteiger partial charge is 0.149 e. The molecule has 4 aromatic rings. The first-order valence-corrected chi connectivity index (χ1v) is 10.1. The number of halogens is 1. The number of hydrogen-bond acceptors (Lipinski definition) is 4. The number of hydrogen-bond donors (Lipinski definition) is 1. The molecule has 0 aliphatic carbocycles. The number of nitrogens with one attached hydrogen (secondary N) is 1. The number of fused-ring (bicyclic) bond motifs is 1. The summed E-state index contributed by atoms with van der Waals surface area (Å²) in [5, 5.41) is 9.78. The Morgan fingerprint density at radius 3 is 2.73 bits per heavy atom. The van der Waals surface area contributed by atoms with Crippen LogP contribution in [-0.4, -0.2) is 17.1 Å². The van der Waals surface area contributed by atoms with E-state index in [9.17, 15) is 5.26 Å². The van der Waals surface area contributed by atoms with Crippen molar-refractivity contribution in [3.63, 3.8) is 0 Å². The number of benzene rings is 3. The van der Waals surface area contributed by atoms with Gasteiger partial charge in [-0.15, -0.1) is 0 Å². The third-order valence-corrected chi connectivity index (χ3v) is 5.07. The first-order valence-electron chi connectivity index (χ1n) is 9.28. The van der Waals surface area contributed by atoms with E-state index in [2.05, 4.69) is 32.0 Å². The summed E-state index contributed by atoms with van der Waals surface area (Å²) in [6.07, 6.45) is 1.78. The highest BCUT2D eigenvalue weighted by Crippen LogP contribution is 2.29. The Kier molecular flexibility index (Phi) is 5.82. The molecule has 1 N–H and O–H groups in total. The molecule has 4 rings (SSSR count). The van der Waals surface area contributed by atoms with Crippen molar-refractivity contribution < 1.29 is 9.47 Å². The minimum Gasteiger partial charge on any atom is -0.497 e. The number of nitriles is 1. The van der Waals surface area contributed by atoms with E-state index in [1.54, 1.807) is 13.2 Å². The number of methoxy groups -OCH3 is 1. The predicted molar refractivity (Wildman–Crippen MR) is 121 cm³/mol. The van der Waals surface area contributed by atoms with Crippen LogP contribution in [0.2, 0.25) is 0 Å². The van der Waals surface area contributed by atoms with Gasteiger partial charge in [-0.1, -0.05) is 46.3 Å². The van der Waals surface area contributed by atoms with Crippen LogP contribution in [0.3, 0.4) is 0 Å². The van der Waals surface area contributed by atoms with Crippen molar-refractivity contribution in [1.82, 2.24) is 9.97 Å². The van der Waals surface area contributed by atoms with Crippen LogP contribution in [0.1, 0.15) is 17.0 Å². The van der Waals surface area contributed by atoms with Gasteiger partial charge in [-0.05, 0) is 42.0 Å². The molecule has 0 spiro atoms. The van der Waals surface area contributed by atoms with Crippen LogP contribution in [0.4, 0.5) is 0 Å². The molecule has 1 heterocycles. The average molecular weight is 460 g/mol. The van der Waals surface area contributed by atoms with Crippen molar-refractivity contribution in [2.75, 3.05) is 7.11 Å². The highest BCUT2D eigenvalue weighted by Gasteiger charge is 2.11. The van der Waals surface area contributed by atoms with Gasteiger partial charge in [-0.2, -0.15) is 5.26 Å². The molecule has 0 fully saturated rings. The lowest BCUT2D eigenvalue weighted by atomic mass is 10.1. The quantitative estimate of drug-likeness (QED) is 0.360. The van der Waals surface area contributed by atoms with Crippen molar-refractivity contribution in [1.29, 1.82) is 5.26 Å². The normalized spacial score (nSPS) is 11.3. The van der Waals surface area contributed by atoms with Gasteiger partial charge in [0.1, 0.15) is 30.0 Å². The number of H-pyrrole nitrogens is 1. The molecule has 3 aromatic carbocycles. The highest BCUT2D eigenvalue weighted by atomic mass is 79.9. The highest BCUT2D eigenvalue weighted by molar-refractivity contribution is 9.10. The molecule has 148 valence electrons. The Labute approximate surface area is 182 Å². The molecule has 0 unspecified atom stereocenters. The van der Waals surface area contributed by atoms with Gasteiger partial charge < -0.3 is 14.5 Å². The van der Waals surface area contributed by atoms with E-state index in [0.29, 0.717) is 23.8 Å². The van der Waals surface area contributed by atoms with Crippen molar-refractivity contribution >= 4 is 38.6 Å². The summed E-state index contributed by atoms with van der Waals surface area (Å²) in [5.41, 5.74) is 3.84. The summed E-state index contributed by atoms with van der Waals surface area (Å²) < 4.78 is 12.2. The summed E-state index contributed by atoms with van der Waals surface area (Å²) in [6, 6.07) is 23.5. The number of aromatic amines is 1. The Morgan fingerprint density at radius 2 is 1.97 bits per heavy atom. The SMILES string of the molecule is COc1ccc2nc(C(C#N)=Cc3cc(Br)ccc3OCc3ccccc3)[nH]c2c1.